The predicted octanol–water partition coefficient (Wildman–Crippen LogP) is 6.36. The number of pyridine rings is 1. The van der Waals surface area contributed by atoms with Gasteiger partial charge in [0.25, 0.3) is 0 Å². The summed E-state index contributed by atoms with van der Waals surface area (Å²) >= 11 is 0. The van der Waals surface area contributed by atoms with E-state index in [1.54, 1.807) is 23.2 Å². The molecular formula is C43H46FN9O4. The maximum atomic E-state index is 15.2. The molecule has 3 aromatic carbocycles. The molecule has 0 radical (unpaired) electrons. The van der Waals surface area contributed by atoms with Crippen molar-refractivity contribution in [2.75, 3.05) is 36.8 Å². The van der Waals surface area contributed by atoms with Crippen LogP contribution >= 0.6 is 0 Å². The monoisotopic (exact) mass is 771 g/mol. The van der Waals surface area contributed by atoms with E-state index in [1.807, 2.05) is 32.9 Å². The summed E-state index contributed by atoms with van der Waals surface area (Å²) in [7, 11) is 0. The van der Waals surface area contributed by atoms with Crippen LogP contribution < -0.4 is 21.3 Å². The molecule has 5 aromatic rings. The Morgan fingerprint density at radius 3 is 2.40 bits per heavy atom. The minimum atomic E-state index is -0.608. The number of carbonyl (C=O) groups is 3. The molecule has 294 valence electrons. The van der Waals surface area contributed by atoms with Crippen molar-refractivity contribution in [2.45, 2.75) is 64.3 Å². The molecule has 4 heterocycles. The Hall–Kier alpha value is -6.28. The van der Waals surface area contributed by atoms with Crippen LogP contribution in [0.1, 0.15) is 90.3 Å². The predicted molar refractivity (Wildman–Crippen MR) is 215 cm³/mol. The van der Waals surface area contributed by atoms with Gasteiger partial charge in [-0.2, -0.15) is 4.98 Å². The number of likely N-dealkylation sites (tertiary alicyclic amines) is 1. The first-order valence-corrected chi connectivity index (χ1v) is 19.1. The lowest BCUT2D eigenvalue weighted by Gasteiger charge is -2.32. The van der Waals surface area contributed by atoms with Crippen LogP contribution in [0, 0.1) is 11.2 Å². The van der Waals surface area contributed by atoms with Crippen LogP contribution in [0.15, 0.2) is 83.5 Å². The SMILES string of the molecule is CC(C)(C)c1noc(C(=O)NCc2ccc(C(=N)c3cc(-c4ccc(C5CCN(CCc6ccc(N7CCC(=O)NC7=O)cc6)CC5)cc4)cnc3N)cc2F)n1. The van der Waals surface area contributed by atoms with Gasteiger partial charge in [0.05, 0.1) is 5.71 Å². The first-order chi connectivity index (χ1) is 27.3. The Bertz CT molecular complexity index is 2290. The minimum absolute atomic E-state index is 0.0301. The van der Waals surface area contributed by atoms with Crippen LogP contribution in [-0.4, -0.2) is 69.8 Å². The number of aromatic nitrogens is 3. The van der Waals surface area contributed by atoms with E-state index in [0.717, 1.165) is 55.7 Å². The number of nitrogens with zero attached hydrogens (tertiary/aromatic N) is 5. The lowest BCUT2D eigenvalue weighted by atomic mass is 9.88. The average Bonchev–Trinajstić information content (AvgIpc) is 3.72. The highest BCUT2D eigenvalue weighted by molar-refractivity contribution is 6.14. The fourth-order valence-electron chi connectivity index (χ4n) is 7.08. The smallest absolute Gasteiger partial charge is 0.328 e. The van der Waals surface area contributed by atoms with Crippen molar-refractivity contribution in [2.24, 2.45) is 0 Å². The van der Waals surface area contributed by atoms with E-state index in [9.17, 15) is 14.4 Å². The highest BCUT2D eigenvalue weighted by atomic mass is 19.1. The number of hydrogen-bond donors (Lipinski definition) is 4. The van der Waals surface area contributed by atoms with Crippen molar-refractivity contribution < 1.29 is 23.3 Å². The molecule has 14 heteroatoms. The summed E-state index contributed by atoms with van der Waals surface area (Å²) in [5.74, 6) is -0.608. The molecule has 2 aromatic heterocycles. The van der Waals surface area contributed by atoms with E-state index < -0.39 is 11.7 Å². The summed E-state index contributed by atoms with van der Waals surface area (Å²) in [5.41, 5.74) is 11.8. The number of piperidine rings is 1. The van der Waals surface area contributed by atoms with Gasteiger partial charge in [0, 0.05) is 65.6 Å². The van der Waals surface area contributed by atoms with Crippen LogP contribution in [0.25, 0.3) is 11.1 Å². The maximum Gasteiger partial charge on any atom is 0.328 e. The third-order valence-electron chi connectivity index (χ3n) is 10.6. The Kier molecular flexibility index (Phi) is 11.2. The molecule has 0 saturated carbocycles. The standard InChI is InChI=1S/C43H46FN9O4/c1-43(2,3)41-50-40(57-51-41)39(55)48-24-31-11-10-30(23-35(31)44)37(45)34-22-32(25-47-38(34)46)28-8-6-27(7-9-28)29-15-19-52(20-16-29)18-14-26-4-12-33(13-5-26)53-21-17-36(54)49-42(53)56/h4-13,22-23,25,29,45H,14-21,24H2,1-3H3,(H2,46,47)(H,48,55)(H,49,54,56). The highest BCUT2D eigenvalue weighted by Gasteiger charge is 2.26. The normalized spacial score (nSPS) is 15.4. The lowest BCUT2D eigenvalue weighted by molar-refractivity contribution is -0.120. The summed E-state index contributed by atoms with van der Waals surface area (Å²) in [5, 5.41) is 17.7. The molecule has 2 saturated heterocycles. The van der Waals surface area contributed by atoms with Gasteiger partial charge < -0.3 is 20.5 Å². The number of rotatable bonds is 11. The van der Waals surface area contributed by atoms with Crippen LogP contribution in [-0.2, 0) is 23.2 Å². The zero-order chi connectivity index (χ0) is 40.3. The van der Waals surface area contributed by atoms with Crippen LogP contribution in [0.2, 0.25) is 0 Å². The molecule has 0 atom stereocenters. The van der Waals surface area contributed by atoms with Gasteiger partial charge in [0.2, 0.25) is 5.91 Å². The summed E-state index contributed by atoms with van der Waals surface area (Å²) < 4.78 is 20.3. The van der Waals surface area contributed by atoms with Crippen molar-refractivity contribution in [3.63, 3.8) is 0 Å². The van der Waals surface area contributed by atoms with E-state index in [1.165, 1.54) is 23.3 Å². The number of nitrogens with one attached hydrogen (secondary N) is 3. The Morgan fingerprint density at radius 1 is 1.00 bits per heavy atom. The fraction of sp³-hybridized carbons (Fsp3) is 0.326. The van der Waals surface area contributed by atoms with Crippen molar-refractivity contribution >= 4 is 35.1 Å². The van der Waals surface area contributed by atoms with Crippen molar-refractivity contribution in [1.82, 2.24) is 30.7 Å². The fourth-order valence-corrected chi connectivity index (χ4v) is 7.08. The molecule has 0 aliphatic carbocycles. The molecule has 5 N–H and O–H groups in total. The van der Waals surface area contributed by atoms with E-state index in [-0.39, 0.29) is 46.9 Å². The minimum Gasteiger partial charge on any atom is -0.383 e. The Labute approximate surface area is 330 Å². The second-order valence-electron chi connectivity index (χ2n) is 15.6. The number of nitrogens with two attached hydrogens (primary N) is 1. The van der Waals surface area contributed by atoms with Gasteiger partial charge in [-0.3, -0.25) is 25.2 Å². The second-order valence-corrected chi connectivity index (χ2v) is 15.6. The van der Waals surface area contributed by atoms with Gasteiger partial charge in [0.15, 0.2) is 5.82 Å². The van der Waals surface area contributed by atoms with Crippen LogP contribution in [0.3, 0.4) is 0 Å². The zero-order valence-corrected chi connectivity index (χ0v) is 32.3. The summed E-state index contributed by atoms with van der Waals surface area (Å²) in [6.45, 7) is 8.96. The largest absolute Gasteiger partial charge is 0.383 e. The van der Waals surface area contributed by atoms with Crippen molar-refractivity contribution in [1.29, 1.82) is 5.41 Å². The molecule has 4 amide bonds. The van der Waals surface area contributed by atoms with Crippen molar-refractivity contribution in [3.8, 4) is 11.1 Å². The van der Waals surface area contributed by atoms with Gasteiger partial charge >= 0.3 is 17.8 Å². The van der Waals surface area contributed by atoms with Gasteiger partial charge in [-0.1, -0.05) is 74.5 Å². The quantitative estimate of drug-likeness (QED) is 0.111. The van der Waals surface area contributed by atoms with Gasteiger partial charge in [0.1, 0.15) is 11.6 Å². The molecule has 2 aliphatic rings. The molecule has 13 nitrogen and oxygen atoms in total. The lowest BCUT2D eigenvalue weighted by Crippen LogP contribution is -2.49. The number of carbonyl (C=O) groups excluding carboxylic acids is 3. The molecule has 2 fully saturated rings. The average molecular weight is 772 g/mol. The van der Waals surface area contributed by atoms with Crippen LogP contribution in [0.4, 0.5) is 20.7 Å². The van der Waals surface area contributed by atoms with Crippen LogP contribution in [0.5, 0.6) is 0 Å². The molecule has 0 bridgehead atoms. The number of nitrogen functional groups attached to an aromatic ring is 1. The Morgan fingerprint density at radius 2 is 1.74 bits per heavy atom. The summed E-state index contributed by atoms with van der Waals surface area (Å²) in [6, 6.07) is 22.3. The Balaban J connectivity index is 0.912. The first-order valence-electron chi connectivity index (χ1n) is 19.1. The van der Waals surface area contributed by atoms with E-state index in [2.05, 4.69) is 67.1 Å². The van der Waals surface area contributed by atoms with Gasteiger partial charge in [-0.25, -0.2) is 14.2 Å². The zero-order valence-electron chi connectivity index (χ0n) is 32.3. The highest BCUT2D eigenvalue weighted by Crippen LogP contribution is 2.31. The second kappa shape index (κ2) is 16.4. The number of anilines is 2. The summed E-state index contributed by atoms with van der Waals surface area (Å²) in [6.07, 6.45) is 5.02. The first kappa shape index (κ1) is 39.0. The molecule has 0 spiro atoms. The third-order valence-corrected chi connectivity index (χ3v) is 10.6. The van der Waals surface area contributed by atoms with Gasteiger partial charge in [-0.05, 0) is 79.2 Å². The number of amides is 4. The number of urea groups is 1. The van der Waals surface area contributed by atoms with Gasteiger partial charge in [-0.15, -0.1) is 0 Å². The maximum absolute atomic E-state index is 15.2. The van der Waals surface area contributed by atoms with E-state index in [4.69, 9.17) is 15.7 Å². The summed E-state index contributed by atoms with van der Waals surface area (Å²) in [4.78, 5) is 48.8. The molecule has 7 rings (SSSR count). The number of hydrogen-bond acceptors (Lipinski definition) is 10. The number of benzene rings is 3. The third kappa shape index (κ3) is 9.07. The number of halogens is 1. The molecule has 2 aliphatic heterocycles. The molecular weight excluding hydrogens is 726 g/mol. The molecule has 57 heavy (non-hydrogen) atoms. The van der Waals surface area contributed by atoms with Crippen molar-refractivity contribution in [3.05, 3.63) is 124 Å². The number of imide groups is 1. The van der Waals surface area contributed by atoms with E-state index >= 15 is 4.39 Å². The topological polar surface area (TPSA) is 183 Å². The van der Waals surface area contributed by atoms with E-state index in [0.29, 0.717) is 35.8 Å². The molecule has 0 unspecified atom stereocenters.